The van der Waals surface area contributed by atoms with Gasteiger partial charge < -0.3 is 4.90 Å². The van der Waals surface area contributed by atoms with Gasteiger partial charge in [0.2, 0.25) is 0 Å². The Morgan fingerprint density at radius 3 is 3.00 bits per heavy atom. The number of hydrogen-bond acceptors (Lipinski definition) is 3. The molecule has 0 N–H and O–H groups in total. The zero-order valence-electron chi connectivity index (χ0n) is 11.2. The van der Waals surface area contributed by atoms with Crippen molar-refractivity contribution in [1.29, 1.82) is 5.26 Å². The van der Waals surface area contributed by atoms with E-state index in [1.165, 1.54) is 16.0 Å². The average molecular weight is 268 g/mol. The van der Waals surface area contributed by atoms with Gasteiger partial charge in [-0.25, -0.2) is 0 Å². The summed E-state index contributed by atoms with van der Waals surface area (Å²) in [5.74, 6) is 0. The highest BCUT2D eigenvalue weighted by molar-refractivity contribution is 7.10. The van der Waals surface area contributed by atoms with Crippen molar-refractivity contribution in [3.63, 3.8) is 0 Å². The molecule has 1 aromatic carbocycles. The Bertz CT molecular complexity index is 651. The normalized spacial score (nSPS) is 17.9. The Labute approximate surface area is 117 Å². The summed E-state index contributed by atoms with van der Waals surface area (Å²) >= 11 is 1.85. The number of rotatable bonds is 1. The van der Waals surface area contributed by atoms with E-state index in [2.05, 4.69) is 42.3 Å². The summed E-state index contributed by atoms with van der Waals surface area (Å²) in [6, 6.07) is 11.0. The number of aryl methyl sites for hydroxylation is 1. The third-order valence-electron chi connectivity index (χ3n) is 3.86. The van der Waals surface area contributed by atoms with Crippen molar-refractivity contribution in [3.05, 3.63) is 51.2 Å². The molecule has 96 valence electrons. The van der Waals surface area contributed by atoms with Crippen LogP contribution in [0.2, 0.25) is 0 Å². The van der Waals surface area contributed by atoms with Crippen LogP contribution in [-0.4, -0.2) is 6.54 Å². The second-order valence-corrected chi connectivity index (χ2v) is 6.05. The van der Waals surface area contributed by atoms with Crippen LogP contribution in [0, 0.1) is 18.3 Å². The van der Waals surface area contributed by atoms with Crippen LogP contribution in [0.15, 0.2) is 29.6 Å². The van der Waals surface area contributed by atoms with Crippen molar-refractivity contribution >= 4 is 17.0 Å². The Balaban J connectivity index is 2.05. The molecule has 1 atom stereocenters. The molecule has 0 radical (unpaired) electrons. The van der Waals surface area contributed by atoms with Gasteiger partial charge in [0.25, 0.3) is 0 Å². The van der Waals surface area contributed by atoms with E-state index in [4.69, 9.17) is 0 Å². The monoisotopic (exact) mass is 268 g/mol. The van der Waals surface area contributed by atoms with Crippen molar-refractivity contribution < 1.29 is 0 Å². The first kappa shape index (κ1) is 12.3. The lowest BCUT2D eigenvalue weighted by Gasteiger charge is -2.36. The Hall–Kier alpha value is -1.79. The molecular formula is C16H16N2S. The summed E-state index contributed by atoms with van der Waals surface area (Å²) in [6.07, 6.45) is 1.08. The smallest absolute Gasteiger partial charge is 0.101 e. The molecule has 0 saturated carbocycles. The van der Waals surface area contributed by atoms with Crippen LogP contribution in [0.25, 0.3) is 0 Å². The molecule has 0 aliphatic carbocycles. The first-order valence-corrected chi connectivity index (χ1v) is 7.42. The lowest BCUT2D eigenvalue weighted by molar-refractivity contribution is 0.632. The highest BCUT2D eigenvalue weighted by Gasteiger charge is 2.26. The summed E-state index contributed by atoms with van der Waals surface area (Å²) in [4.78, 5) is 3.86. The molecule has 0 bridgehead atoms. The van der Waals surface area contributed by atoms with Gasteiger partial charge in [-0.15, -0.1) is 11.3 Å². The van der Waals surface area contributed by atoms with Crippen molar-refractivity contribution in [1.82, 2.24) is 0 Å². The van der Waals surface area contributed by atoms with E-state index >= 15 is 0 Å². The highest BCUT2D eigenvalue weighted by Crippen LogP contribution is 2.37. The van der Waals surface area contributed by atoms with Crippen molar-refractivity contribution in [2.75, 3.05) is 11.4 Å². The Morgan fingerprint density at radius 1 is 1.37 bits per heavy atom. The molecule has 0 amide bonds. The van der Waals surface area contributed by atoms with E-state index in [0.29, 0.717) is 6.04 Å². The van der Waals surface area contributed by atoms with Gasteiger partial charge in [0, 0.05) is 11.4 Å². The topological polar surface area (TPSA) is 27.0 Å². The predicted molar refractivity (Wildman–Crippen MR) is 79.7 cm³/mol. The predicted octanol–water partition coefficient (Wildman–Crippen LogP) is 4.05. The van der Waals surface area contributed by atoms with Crippen LogP contribution >= 0.6 is 11.3 Å². The number of fused-ring (bicyclic) bond motifs is 1. The molecule has 3 heteroatoms. The van der Waals surface area contributed by atoms with Crippen LogP contribution in [0.4, 0.5) is 5.69 Å². The van der Waals surface area contributed by atoms with Gasteiger partial charge >= 0.3 is 0 Å². The molecule has 1 aromatic heterocycles. The van der Waals surface area contributed by atoms with Crippen LogP contribution in [-0.2, 0) is 6.42 Å². The SMILES string of the molecule is Cc1ccc(C#N)c(N2CCc3sccc3C2C)c1. The summed E-state index contributed by atoms with van der Waals surface area (Å²) < 4.78 is 0. The number of nitriles is 1. The third-order valence-corrected chi connectivity index (χ3v) is 4.86. The number of anilines is 1. The molecule has 2 aromatic rings. The molecule has 2 heterocycles. The van der Waals surface area contributed by atoms with E-state index in [0.717, 1.165) is 24.2 Å². The van der Waals surface area contributed by atoms with E-state index in [-0.39, 0.29) is 0 Å². The molecule has 0 saturated heterocycles. The largest absolute Gasteiger partial charge is 0.363 e. The zero-order chi connectivity index (χ0) is 13.4. The van der Waals surface area contributed by atoms with Gasteiger partial charge in [0.1, 0.15) is 6.07 Å². The van der Waals surface area contributed by atoms with Gasteiger partial charge in [-0.3, -0.25) is 0 Å². The van der Waals surface area contributed by atoms with E-state index in [1.54, 1.807) is 0 Å². The molecule has 19 heavy (non-hydrogen) atoms. The van der Waals surface area contributed by atoms with Crippen molar-refractivity contribution in [2.45, 2.75) is 26.3 Å². The van der Waals surface area contributed by atoms with E-state index in [1.807, 2.05) is 23.5 Å². The van der Waals surface area contributed by atoms with Crippen LogP contribution in [0.1, 0.15) is 34.5 Å². The molecule has 0 fully saturated rings. The quantitative estimate of drug-likeness (QED) is 0.780. The second-order valence-electron chi connectivity index (χ2n) is 5.05. The molecule has 0 spiro atoms. The summed E-state index contributed by atoms with van der Waals surface area (Å²) in [6.45, 7) is 5.30. The Morgan fingerprint density at radius 2 is 2.21 bits per heavy atom. The minimum Gasteiger partial charge on any atom is -0.363 e. The lowest BCUT2D eigenvalue weighted by Crippen LogP contribution is -2.33. The number of nitrogens with zero attached hydrogens (tertiary/aromatic N) is 2. The summed E-state index contributed by atoms with van der Waals surface area (Å²) in [7, 11) is 0. The second kappa shape index (κ2) is 4.71. The first-order chi connectivity index (χ1) is 9.20. The first-order valence-electron chi connectivity index (χ1n) is 6.54. The minimum atomic E-state index is 0.351. The molecule has 3 rings (SSSR count). The molecule has 1 unspecified atom stereocenters. The average Bonchev–Trinajstić information content (AvgIpc) is 2.88. The number of hydrogen-bond donors (Lipinski definition) is 0. The van der Waals surface area contributed by atoms with Crippen molar-refractivity contribution in [3.8, 4) is 6.07 Å². The van der Waals surface area contributed by atoms with Gasteiger partial charge in [-0.1, -0.05) is 6.07 Å². The summed E-state index contributed by atoms with van der Waals surface area (Å²) in [5, 5.41) is 11.5. The standard InChI is InChI=1S/C16H16N2S/c1-11-3-4-13(10-17)15(9-11)18-7-5-16-14(12(18)2)6-8-19-16/h3-4,6,8-9,12H,5,7H2,1-2H3. The van der Waals surface area contributed by atoms with Crippen LogP contribution in [0.3, 0.4) is 0 Å². The number of benzene rings is 1. The van der Waals surface area contributed by atoms with Crippen LogP contribution in [0.5, 0.6) is 0 Å². The highest BCUT2D eigenvalue weighted by atomic mass is 32.1. The van der Waals surface area contributed by atoms with Gasteiger partial charge in [-0.2, -0.15) is 5.26 Å². The van der Waals surface area contributed by atoms with Gasteiger partial charge in [0.15, 0.2) is 0 Å². The number of thiophene rings is 1. The Kier molecular flexibility index (Phi) is 3.04. The molecule has 1 aliphatic heterocycles. The fraction of sp³-hybridized carbons (Fsp3) is 0.312. The maximum absolute atomic E-state index is 9.31. The molecule has 2 nitrogen and oxygen atoms in total. The van der Waals surface area contributed by atoms with Crippen molar-refractivity contribution in [2.24, 2.45) is 0 Å². The molecule has 1 aliphatic rings. The maximum Gasteiger partial charge on any atom is 0.101 e. The van der Waals surface area contributed by atoms with E-state index < -0.39 is 0 Å². The zero-order valence-corrected chi connectivity index (χ0v) is 12.0. The fourth-order valence-corrected chi connectivity index (χ4v) is 3.78. The fourth-order valence-electron chi connectivity index (χ4n) is 2.81. The maximum atomic E-state index is 9.31. The molecular weight excluding hydrogens is 252 g/mol. The lowest BCUT2D eigenvalue weighted by atomic mass is 9.99. The van der Waals surface area contributed by atoms with E-state index in [9.17, 15) is 5.26 Å². The van der Waals surface area contributed by atoms with Gasteiger partial charge in [0.05, 0.1) is 17.3 Å². The third kappa shape index (κ3) is 2.02. The minimum absolute atomic E-state index is 0.351. The summed E-state index contributed by atoms with van der Waals surface area (Å²) in [5.41, 5.74) is 4.47. The van der Waals surface area contributed by atoms with Gasteiger partial charge in [-0.05, 0) is 55.0 Å². The van der Waals surface area contributed by atoms with Crippen LogP contribution < -0.4 is 4.90 Å².